The number of nitrogens with two attached hydrogens (primary N) is 1. The van der Waals surface area contributed by atoms with Crippen LogP contribution in [0.1, 0.15) is 32.1 Å². The molecule has 1 fully saturated rings. The summed E-state index contributed by atoms with van der Waals surface area (Å²) in [6, 6.07) is 8.78. The first-order valence-corrected chi connectivity index (χ1v) is 6.69. The van der Waals surface area contributed by atoms with Crippen LogP contribution >= 0.6 is 0 Å². The average Bonchev–Trinajstić information content (AvgIpc) is 2.48. The van der Waals surface area contributed by atoms with Crippen LogP contribution < -0.4 is 15.8 Å². The molecule has 0 unspecified atom stereocenters. The molecule has 0 aromatic heterocycles. The molecule has 1 amide bonds. The van der Waals surface area contributed by atoms with E-state index in [9.17, 15) is 4.79 Å². The number of carbonyl (C=O) groups is 1. The number of amidine groups is 1. The number of ether oxygens (including phenoxy) is 1. The molecule has 0 heterocycles. The molecule has 1 aromatic carbocycles. The zero-order valence-corrected chi connectivity index (χ0v) is 11.2. The SMILES string of the molecule is N/C(=N/O)C1(NC(=O)Oc2ccccc2)CCCCC1. The fourth-order valence-corrected chi connectivity index (χ4v) is 2.51. The molecule has 0 saturated heterocycles. The number of para-hydroxylation sites is 1. The highest BCUT2D eigenvalue weighted by Gasteiger charge is 2.38. The third kappa shape index (κ3) is 3.20. The van der Waals surface area contributed by atoms with Crippen molar-refractivity contribution < 1.29 is 14.7 Å². The van der Waals surface area contributed by atoms with E-state index in [-0.39, 0.29) is 5.84 Å². The van der Waals surface area contributed by atoms with Crippen LogP contribution in [0, 0.1) is 0 Å². The van der Waals surface area contributed by atoms with Gasteiger partial charge in [-0.25, -0.2) is 4.79 Å². The molecule has 0 radical (unpaired) electrons. The van der Waals surface area contributed by atoms with Gasteiger partial charge in [0.05, 0.1) is 0 Å². The van der Waals surface area contributed by atoms with E-state index in [1.165, 1.54) is 0 Å². The number of oxime groups is 1. The first-order chi connectivity index (χ1) is 9.66. The Hall–Kier alpha value is -2.24. The summed E-state index contributed by atoms with van der Waals surface area (Å²) in [6.45, 7) is 0. The topological polar surface area (TPSA) is 96.9 Å². The lowest BCUT2D eigenvalue weighted by atomic mass is 9.81. The van der Waals surface area contributed by atoms with Crippen LogP contribution in [-0.4, -0.2) is 22.7 Å². The zero-order valence-electron chi connectivity index (χ0n) is 11.2. The number of hydrogen-bond donors (Lipinski definition) is 3. The molecule has 1 saturated carbocycles. The molecule has 6 heteroatoms. The molecule has 0 spiro atoms. The molecule has 6 nitrogen and oxygen atoms in total. The van der Waals surface area contributed by atoms with Gasteiger partial charge in [0.2, 0.25) is 0 Å². The minimum absolute atomic E-state index is 0.0298. The summed E-state index contributed by atoms with van der Waals surface area (Å²) in [4.78, 5) is 12.0. The maximum Gasteiger partial charge on any atom is 0.413 e. The third-order valence-electron chi connectivity index (χ3n) is 3.60. The number of benzene rings is 1. The van der Waals surface area contributed by atoms with Crippen molar-refractivity contribution in [3.05, 3.63) is 30.3 Å². The molecule has 20 heavy (non-hydrogen) atoms. The van der Waals surface area contributed by atoms with Crippen LogP contribution in [0.4, 0.5) is 4.79 Å². The van der Waals surface area contributed by atoms with Crippen LogP contribution in [0.2, 0.25) is 0 Å². The Labute approximate surface area is 117 Å². The number of rotatable bonds is 3. The van der Waals surface area contributed by atoms with Crippen LogP contribution in [0.3, 0.4) is 0 Å². The smallest absolute Gasteiger partial charge is 0.410 e. The van der Waals surface area contributed by atoms with Crippen molar-refractivity contribution in [3.63, 3.8) is 0 Å². The van der Waals surface area contributed by atoms with Crippen LogP contribution in [0.5, 0.6) is 5.75 Å². The van der Waals surface area contributed by atoms with Gasteiger partial charge in [-0.1, -0.05) is 42.6 Å². The maximum atomic E-state index is 12.0. The van der Waals surface area contributed by atoms with Gasteiger partial charge in [-0.2, -0.15) is 0 Å². The van der Waals surface area contributed by atoms with Gasteiger partial charge in [0, 0.05) is 0 Å². The molecular formula is C14H19N3O3. The lowest BCUT2D eigenvalue weighted by Crippen LogP contribution is -2.59. The van der Waals surface area contributed by atoms with E-state index in [4.69, 9.17) is 15.7 Å². The molecule has 1 aromatic rings. The minimum atomic E-state index is -0.807. The van der Waals surface area contributed by atoms with E-state index in [0.717, 1.165) is 19.3 Å². The Bertz CT molecular complexity index is 482. The van der Waals surface area contributed by atoms with Crippen LogP contribution in [0.25, 0.3) is 0 Å². The lowest BCUT2D eigenvalue weighted by Gasteiger charge is -2.36. The number of nitrogens with zero attached hydrogens (tertiary/aromatic N) is 1. The average molecular weight is 277 g/mol. The van der Waals surface area contributed by atoms with Gasteiger partial charge in [0.1, 0.15) is 11.3 Å². The first kappa shape index (κ1) is 14.2. The first-order valence-electron chi connectivity index (χ1n) is 6.69. The molecule has 4 N–H and O–H groups in total. The standard InChI is InChI=1S/C14H19N3O3/c15-12(17-19)14(9-5-2-6-10-14)16-13(18)20-11-7-3-1-4-8-11/h1,3-4,7-8,19H,2,5-6,9-10H2,(H2,15,17)(H,16,18). The highest BCUT2D eigenvalue weighted by molar-refractivity contribution is 5.93. The second-order valence-corrected chi connectivity index (χ2v) is 4.96. The van der Waals surface area contributed by atoms with Gasteiger partial charge in [0.15, 0.2) is 5.84 Å². The number of nitrogens with one attached hydrogen (secondary N) is 1. The molecule has 108 valence electrons. The molecule has 0 bridgehead atoms. The molecule has 1 aliphatic rings. The summed E-state index contributed by atoms with van der Waals surface area (Å²) >= 11 is 0. The summed E-state index contributed by atoms with van der Waals surface area (Å²) < 4.78 is 5.19. The quantitative estimate of drug-likeness (QED) is 0.341. The highest BCUT2D eigenvalue weighted by Crippen LogP contribution is 2.28. The van der Waals surface area contributed by atoms with E-state index < -0.39 is 11.6 Å². The summed E-state index contributed by atoms with van der Waals surface area (Å²) in [5, 5.41) is 14.7. The zero-order chi connectivity index (χ0) is 14.4. The fourth-order valence-electron chi connectivity index (χ4n) is 2.51. The van der Waals surface area contributed by atoms with Gasteiger partial charge < -0.3 is 21.0 Å². The highest BCUT2D eigenvalue weighted by atomic mass is 16.6. The van der Waals surface area contributed by atoms with Crippen molar-refractivity contribution in [2.24, 2.45) is 10.9 Å². The Morgan fingerprint density at radius 3 is 2.50 bits per heavy atom. The van der Waals surface area contributed by atoms with Crippen molar-refractivity contribution >= 4 is 11.9 Å². The fraction of sp³-hybridized carbons (Fsp3) is 0.429. The normalized spacial score (nSPS) is 18.3. The van der Waals surface area contributed by atoms with Gasteiger partial charge in [-0.3, -0.25) is 0 Å². The predicted molar refractivity (Wildman–Crippen MR) is 74.8 cm³/mol. The van der Waals surface area contributed by atoms with Crippen LogP contribution in [-0.2, 0) is 0 Å². The Balaban J connectivity index is 2.06. The summed E-state index contributed by atoms with van der Waals surface area (Å²) in [5.74, 6) is 0.484. The van der Waals surface area contributed by atoms with Crippen molar-refractivity contribution in [3.8, 4) is 5.75 Å². The van der Waals surface area contributed by atoms with E-state index in [2.05, 4.69) is 10.5 Å². The van der Waals surface area contributed by atoms with E-state index in [1.807, 2.05) is 6.07 Å². The van der Waals surface area contributed by atoms with Gasteiger partial charge in [-0.05, 0) is 25.0 Å². The van der Waals surface area contributed by atoms with Crippen molar-refractivity contribution in [2.45, 2.75) is 37.6 Å². The minimum Gasteiger partial charge on any atom is -0.410 e. The number of amides is 1. The molecule has 0 atom stereocenters. The number of hydrogen-bond acceptors (Lipinski definition) is 4. The van der Waals surface area contributed by atoms with E-state index >= 15 is 0 Å². The van der Waals surface area contributed by atoms with Gasteiger partial charge in [-0.15, -0.1) is 0 Å². The van der Waals surface area contributed by atoms with Crippen LogP contribution in [0.15, 0.2) is 35.5 Å². The Kier molecular flexibility index (Phi) is 4.45. The summed E-state index contributed by atoms with van der Waals surface area (Å²) in [6.07, 6.45) is 3.61. The summed E-state index contributed by atoms with van der Waals surface area (Å²) in [7, 11) is 0. The van der Waals surface area contributed by atoms with Gasteiger partial charge >= 0.3 is 6.09 Å². The Morgan fingerprint density at radius 2 is 1.90 bits per heavy atom. The van der Waals surface area contributed by atoms with Crippen molar-refractivity contribution in [1.29, 1.82) is 0 Å². The van der Waals surface area contributed by atoms with E-state index in [1.54, 1.807) is 24.3 Å². The van der Waals surface area contributed by atoms with Crippen molar-refractivity contribution in [2.75, 3.05) is 0 Å². The molecule has 2 rings (SSSR count). The second-order valence-electron chi connectivity index (χ2n) is 4.96. The second kappa shape index (κ2) is 6.27. The summed E-state index contributed by atoms with van der Waals surface area (Å²) in [5.41, 5.74) is 4.95. The largest absolute Gasteiger partial charge is 0.413 e. The third-order valence-corrected chi connectivity index (χ3v) is 3.60. The van der Waals surface area contributed by atoms with Gasteiger partial charge in [0.25, 0.3) is 0 Å². The maximum absolute atomic E-state index is 12.0. The molecule has 1 aliphatic carbocycles. The number of carbonyl (C=O) groups excluding carboxylic acids is 1. The molecular weight excluding hydrogens is 258 g/mol. The monoisotopic (exact) mass is 277 g/mol. The molecule has 0 aliphatic heterocycles. The predicted octanol–water partition coefficient (Wildman–Crippen LogP) is 2.22. The lowest BCUT2D eigenvalue weighted by molar-refractivity contribution is 0.183. The van der Waals surface area contributed by atoms with E-state index in [0.29, 0.717) is 18.6 Å². The van der Waals surface area contributed by atoms with Crippen molar-refractivity contribution in [1.82, 2.24) is 5.32 Å². The Morgan fingerprint density at radius 1 is 1.25 bits per heavy atom.